The van der Waals surface area contributed by atoms with Crippen LogP contribution >= 0.6 is 0 Å². The summed E-state index contributed by atoms with van der Waals surface area (Å²) in [5.74, 6) is 0. The third-order valence-electron chi connectivity index (χ3n) is 9.75. The quantitative estimate of drug-likeness (QED) is 0.148. The van der Waals surface area contributed by atoms with Gasteiger partial charge in [0.2, 0.25) is 0 Å². The molecule has 3 heterocycles. The Labute approximate surface area is 276 Å². The van der Waals surface area contributed by atoms with Crippen LogP contribution in [-0.2, 0) is 0 Å². The maximum absolute atomic E-state index is 5.44. The number of hydrogen-bond acceptors (Lipinski definition) is 3. The van der Waals surface area contributed by atoms with E-state index in [9.17, 15) is 0 Å². The standard InChI is InChI=1S/C45H27N3/c1-2-9-30(10-3-1)44-38-21-18-28-16-17-31-11-8-24-47-45(31)42(28)43(38)37-20-19-32(27-39(37)48-44)41-35-14-6-4-12-33(35)40(29-22-25-46-26-23-29)34-13-5-7-15-36(34)41/h1-27H. The van der Waals surface area contributed by atoms with Gasteiger partial charge < -0.3 is 0 Å². The summed E-state index contributed by atoms with van der Waals surface area (Å²) in [6.45, 7) is 0. The van der Waals surface area contributed by atoms with Crippen molar-refractivity contribution < 1.29 is 0 Å². The molecule has 0 atom stereocenters. The molecule has 0 fully saturated rings. The molecule has 222 valence electrons. The van der Waals surface area contributed by atoms with E-state index >= 15 is 0 Å². The average Bonchev–Trinajstić information content (AvgIpc) is 3.16. The first-order valence-corrected chi connectivity index (χ1v) is 16.3. The molecule has 0 N–H and O–H groups in total. The zero-order valence-corrected chi connectivity index (χ0v) is 25.9. The summed E-state index contributed by atoms with van der Waals surface area (Å²) in [6.07, 6.45) is 5.64. The first kappa shape index (κ1) is 26.7. The molecule has 48 heavy (non-hydrogen) atoms. The Morgan fingerprint density at radius 1 is 0.375 bits per heavy atom. The van der Waals surface area contributed by atoms with Gasteiger partial charge in [0.15, 0.2) is 0 Å². The van der Waals surface area contributed by atoms with Gasteiger partial charge in [0.25, 0.3) is 0 Å². The Morgan fingerprint density at radius 3 is 1.73 bits per heavy atom. The molecule has 0 unspecified atom stereocenters. The molecule has 0 saturated heterocycles. The molecule has 10 aromatic rings. The van der Waals surface area contributed by atoms with Gasteiger partial charge in [0.1, 0.15) is 0 Å². The van der Waals surface area contributed by atoms with Crippen molar-refractivity contribution in [1.29, 1.82) is 0 Å². The third-order valence-corrected chi connectivity index (χ3v) is 9.75. The SMILES string of the molecule is c1ccc(-c2nc3cc(-c4c5ccccc5c(-c5ccncc5)c5ccccc45)ccc3c3c2ccc2ccc4cccnc4c23)cc1. The van der Waals surface area contributed by atoms with E-state index in [1.807, 2.05) is 24.7 Å². The lowest BCUT2D eigenvalue weighted by atomic mass is 9.85. The molecule has 0 radical (unpaired) electrons. The fourth-order valence-electron chi connectivity index (χ4n) is 7.69. The van der Waals surface area contributed by atoms with Crippen molar-refractivity contribution in [3.05, 3.63) is 164 Å². The van der Waals surface area contributed by atoms with Crippen molar-refractivity contribution in [2.24, 2.45) is 0 Å². The molecular formula is C45H27N3. The first-order valence-electron chi connectivity index (χ1n) is 16.3. The van der Waals surface area contributed by atoms with Crippen molar-refractivity contribution >= 4 is 64.9 Å². The highest BCUT2D eigenvalue weighted by Crippen LogP contribution is 2.45. The summed E-state index contributed by atoms with van der Waals surface area (Å²) >= 11 is 0. The van der Waals surface area contributed by atoms with Gasteiger partial charge in [0.05, 0.1) is 16.7 Å². The Kier molecular flexibility index (Phi) is 5.87. The van der Waals surface area contributed by atoms with Crippen LogP contribution in [0.3, 0.4) is 0 Å². The maximum Gasteiger partial charge on any atom is 0.0788 e. The highest BCUT2D eigenvalue weighted by Gasteiger charge is 2.19. The molecule has 10 rings (SSSR count). The molecule has 0 saturated carbocycles. The number of aromatic nitrogens is 3. The fourth-order valence-corrected chi connectivity index (χ4v) is 7.69. The number of pyridine rings is 3. The van der Waals surface area contributed by atoms with Crippen LogP contribution in [0.2, 0.25) is 0 Å². The molecule has 0 bridgehead atoms. The summed E-state index contributed by atoms with van der Waals surface area (Å²) in [7, 11) is 0. The van der Waals surface area contributed by atoms with Gasteiger partial charge in [-0.2, -0.15) is 0 Å². The fraction of sp³-hybridized carbons (Fsp3) is 0. The molecule has 7 aromatic carbocycles. The molecule has 3 aromatic heterocycles. The molecular weight excluding hydrogens is 583 g/mol. The predicted octanol–water partition coefficient (Wildman–Crippen LogP) is 11.8. The monoisotopic (exact) mass is 609 g/mol. The van der Waals surface area contributed by atoms with E-state index in [1.54, 1.807) is 0 Å². The van der Waals surface area contributed by atoms with E-state index in [2.05, 4.69) is 145 Å². The second kappa shape index (κ2) is 10.5. The van der Waals surface area contributed by atoms with Crippen LogP contribution in [0, 0.1) is 0 Å². The molecule has 3 heteroatoms. The van der Waals surface area contributed by atoms with Gasteiger partial charge in [0, 0.05) is 51.1 Å². The Balaban J connectivity index is 1.35. The Bertz CT molecular complexity index is 2820. The minimum Gasteiger partial charge on any atom is -0.265 e. The number of benzene rings is 7. The Morgan fingerprint density at radius 2 is 1.00 bits per heavy atom. The van der Waals surface area contributed by atoms with Crippen LogP contribution in [0.5, 0.6) is 0 Å². The molecule has 0 aliphatic rings. The molecule has 0 spiro atoms. The van der Waals surface area contributed by atoms with Crippen LogP contribution in [0.1, 0.15) is 0 Å². The lowest BCUT2D eigenvalue weighted by Gasteiger charge is -2.18. The molecule has 0 aliphatic heterocycles. The highest BCUT2D eigenvalue weighted by atomic mass is 14.7. The van der Waals surface area contributed by atoms with Crippen molar-refractivity contribution in [1.82, 2.24) is 15.0 Å². The molecule has 0 aliphatic carbocycles. The number of hydrogen-bond donors (Lipinski definition) is 0. The normalized spacial score (nSPS) is 11.8. The van der Waals surface area contributed by atoms with Crippen LogP contribution in [0.4, 0.5) is 0 Å². The maximum atomic E-state index is 5.44. The van der Waals surface area contributed by atoms with Gasteiger partial charge in [-0.3, -0.25) is 9.97 Å². The largest absolute Gasteiger partial charge is 0.265 e. The summed E-state index contributed by atoms with van der Waals surface area (Å²) in [5, 5.41) is 11.8. The number of fused-ring (bicyclic) bond motifs is 9. The van der Waals surface area contributed by atoms with E-state index in [1.165, 1.54) is 48.8 Å². The van der Waals surface area contributed by atoms with Gasteiger partial charge in [-0.1, -0.05) is 121 Å². The number of nitrogens with zero attached hydrogens (tertiary/aromatic N) is 3. The van der Waals surface area contributed by atoms with Crippen molar-refractivity contribution in [3.63, 3.8) is 0 Å². The van der Waals surface area contributed by atoms with Gasteiger partial charge >= 0.3 is 0 Å². The van der Waals surface area contributed by atoms with Gasteiger partial charge in [-0.05, 0) is 73.5 Å². The predicted molar refractivity (Wildman–Crippen MR) is 201 cm³/mol. The van der Waals surface area contributed by atoms with Crippen molar-refractivity contribution in [3.8, 4) is 33.5 Å². The van der Waals surface area contributed by atoms with E-state index in [0.29, 0.717) is 0 Å². The van der Waals surface area contributed by atoms with Crippen LogP contribution < -0.4 is 0 Å². The number of rotatable bonds is 3. The smallest absolute Gasteiger partial charge is 0.0788 e. The van der Waals surface area contributed by atoms with Crippen molar-refractivity contribution in [2.75, 3.05) is 0 Å². The van der Waals surface area contributed by atoms with E-state index in [4.69, 9.17) is 9.97 Å². The highest BCUT2D eigenvalue weighted by molar-refractivity contribution is 6.29. The molecule has 3 nitrogen and oxygen atoms in total. The average molecular weight is 610 g/mol. The van der Waals surface area contributed by atoms with E-state index in [0.717, 1.165) is 49.6 Å². The summed E-state index contributed by atoms with van der Waals surface area (Å²) in [4.78, 5) is 14.7. The van der Waals surface area contributed by atoms with Crippen LogP contribution in [0.15, 0.2) is 164 Å². The minimum atomic E-state index is 0.964. The zero-order chi connectivity index (χ0) is 31.6. The van der Waals surface area contributed by atoms with Crippen LogP contribution in [-0.4, -0.2) is 15.0 Å². The third kappa shape index (κ3) is 3.98. The Hall–Kier alpha value is -6.45. The molecule has 0 amide bonds. The van der Waals surface area contributed by atoms with E-state index < -0.39 is 0 Å². The van der Waals surface area contributed by atoms with Crippen molar-refractivity contribution in [2.45, 2.75) is 0 Å². The summed E-state index contributed by atoms with van der Waals surface area (Å²) in [5.41, 5.74) is 8.81. The second-order valence-corrected chi connectivity index (χ2v) is 12.4. The van der Waals surface area contributed by atoms with E-state index in [-0.39, 0.29) is 0 Å². The first-order chi connectivity index (χ1) is 23.8. The second-order valence-electron chi connectivity index (χ2n) is 12.4. The minimum absolute atomic E-state index is 0.964. The topological polar surface area (TPSA) is 38.7 Å². The lowest BCUT2D eigenvalue weighted by Crippen LogP contribution is -1.94. The summed E-state index contributed by atoms with van der Waals surface area (Å²) in [6, 6.07) is 52.1. The van der Waals surface area contributed by atoms with Crippen LogP contribution in [0.25, 0.3) is 98.4 Å². The lowest BCUT2D eigenvalue weighted by molar-refractivity contribution is 1.33. The van der Waals surface area contributed by atoms with Gasteiger partial charge in [-0.15, -0.1) is 0 Å². The zero-order valence-electron chi connectivity index (χ0n) is 25.9. The summed E-state index contributed by atoms with van der Waals surface area (Å²) < 4.78 is 0. The van der Waals surface area contributed by atoms with Gasteiger partial charge in [-0.25, -0.2) is 4.98 Å².